The Bertz CT molecular complexity index is 387. The molecule has 0 atom stereocenters. The van der Waals surface area contributed by atoms with E-state index in [2.05, 4.69) is 0 Å². The number of allylic oxidation sites excluding steroid dienone is 1. The van der Waals surface area contributed by atoms with Crippen molar-refractivity contribution in [3.8, 4) is 0 Å². The summed E-state index contributed by atoms with van der Waals surface area (Å²) in [6.45, 7) is 3.70. The third-order valence-corrected chi connectivity index (χ3v) is 2.44. The van der Waals surface area contributed by atoms with Crippen LogP contribution in [0.5, 0.6) is 0 Å². The third kappa shape index (κ3) is 2.54. The Kier molecular flexibility index (Phi) is 3.93. The monoisotopic (exact) mass is 223 g/mol. The molecule has 0 saturated carbocycles. The molecule has 0 aliphatic rings. The predicted octanol–water partition coefficient (Wildman–Crippen LogP) is 3.51. The molecule has 0 spiro atoms. The Hall–Kier alpha value is -1.51. The first kappa shape index (κ1) is 12.6. The highest BCUT2D eigenvalue weighted by Crippen LogP contribution is 2.25. The van der Waals surface area contributed by atoms with Crippen molar-refractivity contribution in [2.75, 3.05) is 19.0 Å². The van der Waals surface area contributed by atoms with Gasteiger partial charge in [0.1, 0.15) is 11.6 Å². The SMILES string of the molecule is CC/C=C(/O)c1c(C)cc(N(C)C)cc1F. The average Bonchev–Trinajstić information content (AvgIpc) is 2.16. The number of nitrogens with zero attached hydrogens (tertiary/aromatic N) is 1. The number of halogens is 1. The fourth-order valence-corrected chi connectivity index (χ4v) is 1.60. The van der Waals surface area contributed by atoms with Crippen LogP contribution in [-0.4, -0.2) is 19.2 Å². The molecule has 0 fully saturated rings. The molecule has 0 saturated heterocycles. The summed E-state index contributed by atoms with van der Waals surface area (Å²) in [5.41, 5.74) is 1.83. The average molecular weight is 223 g/mol. The van der Waals surface area contributed by atoms with Crippen molar-refractivity contribution in [3.05, 3.63) is 35.2 Å². The van der Waals surface area contributed by atoms with Crippen molar-refractivity contribution in [1.29, 1.82) is 0 Å². The molecule has 0 bridgehead atoms. The first-order valence-electron chi connectivity index (χ1n) is 5.34. The standard InChI is InChI=1S/C13H18FNO/c1-5-6-12(16)13-9(2)7-10(15(3)4)8-11(13)14/h6-8,16H,5H2,1-4H3/b12-6+. The van der Waals surface area contributed by atoms with Crippen LogP contribution in [-0.2, 0) is 0 Å². The number of rotatable bonds is 3. The molecule has 88 valence electrons. The molecule has 0 radical (unpaired) electrons. The van der Waals surface area contributed by atoms with E-state index in [-0.39, 0.29) is 11.6 Å². The largest absolute Gasteiger partial charge is 0.508 e. The van der Waals surface area contributed by atoms with E-state index in [9.17, 15) is 9.50 Å². The lowest BCUT2D eigenvalue weighted by atomic mass is 10.0. The van der Waals surface area contributed by atoms with Crippen molar-refractivity contribution >= 4 is 11.4 Å². The molecule has 1 aromatic rings. The summed E-state index contributed by atoms with van der Waals surface area (Å²) in [6, 6.07) is 3.29. The topological polar surface area (TPSA) is 23.5 Å². The first-order valence-corrected chi connectivity index (χ1v) is 5.34. The second-order valence-corrected chi connectivity index (χ2v) is 4.01. The van der Waals surface area contributed by atoms with Crippen LogP contribution in [0.25, 0.3) is 5.76 Å². The van der Waals surface area contributed by atoms with E-state index in [1.165, 1.54) is 6.07 Å². The van der Waals surface area contributed by atoms with Gasteiger partial charge in [-0.05, 0) is 37.1 Å². The van der Waals surface area contributed by atoms with E-state index >= 15 is 0 Å². The second kappa shape index (κ2) is 5.01. The molecule has 0 aliphatic heterocycles. The first-order chi connectivity index (χ1) is 7.47. The molecule has 0 aliphatic carbocycles. The van der Waals surface area contributed by atoms with Gasteiger partial charge in [-0.3, -0.25) is 0 Å². The van der Waals surface area contributed by atoms with Crippen molar-refractivity contribution in [2.24, 2.45) is 0 Å². The normalized spacial score (nSPS) is 11.7. The maximum Gasteiger partial charge on any atom is 0.136 e. The highest BCUT2D eigenvalue weighted by Gasteiger charge is 2.12. The van der Waals surface area contributed by atoms with Crippen LogP contribution in [0.3, 0.4) is 0 Å². The molecule has 2 nitrogen and oxygen atoms in total. The number of hydrogen-bond donors (Lipinski definition) is 1. The zero-order valence-electron chi connectivity index (χ0n) is 10.2. The van der Waals surface area contributed by atoms with Crippen LogP contribution in [0, 0.1) is 12.7 Å². The van der Waals surface area contributed by atoms with Crippen molar-refractivity contribution in [2.45, 2.75) is 20.3 Å². The molecule has 0 aromatic heterocycles. The molecular formula is C13H18FNO. The minimum atomic E-state index is -0.383. The lowest BCUT2D eigenvalue weighted by Crippen LogP contribution is -2.10. The summed E-state index contributed by atoms with van der Waals surface area (Å²) < 4.78 is 13.8. The van der Waals surface area contributed by atoms with Gasteiger partial charge in [0.05, 0.1) is 5.56 Å². The van der Waals surface area contributed by atoms with Crippen LogP contribution in [0.4, 0.5) is 10.1 Å². The highest BCUT2D eigenvalue weighted by molar-refractivity contribution is 5.66. The van der Waals surface area contributed by atoms with Gasteiger partial charge >= 0.3 is 0 Å². The summed E-state index contributed by atoms with van der Waals surface area (Å²) in [7, 11) is 3.71. The van der Waals surface area contributed by atoms with Gasteiger partial charge in [0.15, 0.2) is 0 Å². The van der Waals surface area contributed by atoms with Gasteiger partial charge in [0.2, 0.25) is 0 Å². The van der Waals surface area contributed by atoms with Crippen molar-refractivity contribution in [3.63, 3.8) is 0 Å². The maximum absolute atomic E-state index is 13.8. The summed E-state index contributed by atoms with van der Waals surface area (Å²) >= 11 is 0. The van der Waals surface area contributed by atoms with Gasteiger partial charge in [-0.1, -0.05) is 6.92 Å². The van der Waals surface area contributed by atoms with E-state index in [0.717, 1.165) is 11.3 Å². The van der Waals surface area contributed by atoms with Gasteiger partial charge in [0, 0.05) is 19.8 Å². The van der Waals surface area contributed by atoms with Crippen LogP contribution < -0.4 is 4.90 Å². The fraction of sp³-hybridized carbons (Fsp3) is 0.385. The Labute approximate surface area is 96.0 Å². The molecule has 1 rings (SSSR count). The van der Waals surface area contributed by atoms with Gasteiger partial charge in [0.25, 0.3) is 0 Å². The van der Waals surface area contributed by atoms with E-state index in [0.29, 0.717) is 12.0 Å². The number of hydrogen-bond acceptors (Lipinski definition) is 2. The molecule has 1 N–H and O–H groups in total. The minimum absolute atomic E-state index is 0.0165. The van der Waals surface area contributed by atoms with Crippen LogP contribution >= 0.6 is 0 Å². The summed E-state index contributed by atoms with van der Waals surface area (Å²) in [6.07, 6.45) is 2.29. The molecular weight excluding hydrogens is 205 g/mol. The third-order valence-electron chi connectivity index (χ3n) is 2.44. The zero-order chi connectivity index (χ0) is 12.3. The van der Waals surface area contributed by atoms with Gasteiger partial charge < -0.3 is 10.0 Å². The molecule has 16 heavy (non-hydrogen) atoms. The molecule has 0 unspecified atom stereocenters. The number of benzene rings is 1. The van der Waals surface area contributed by atoms with E-state index in [1.54, 1.807) is 13.0 Å². The Balaban J connectivity index is 3.28. The van der Waals surface area contributed by atoms with Crippen molar-refractivity contribution < 1.29 is 9.50 Å². The highest BCUT2D eigenvalue weighted by atomic mass is 19.1. The molecule has 0 amide bonds. The lowest BCUT2D eigenvalue weighted by molar-refractivity contribution is 0.499. The summed E-state index contributed by atoms with van der Waals surface area (Å²) in [4.78, 5) is 1.83. The fourth-order valence-electron chi connectivity index (χ4n) is 1.60. The zero-order valence-corrected chi connectivity index (χ0v) is 10.2. The van der Waals surface area contributed by atoms with Crippen LogP contribution in [0.1, 0.15) is 24.5 Å². The van der Waals surface area contributed by atoms with Crippen LogP contribution in [0.15, 0.2) is 18.2 Å². The van der Waals surface area contributed by atoms with Crippen LogP contribution in [0.2, 0.25) is 0 Å². The Morgan fingerprint density at radius 1 is 1.44 bits per heavy atom. The molecule has 1 aromatic carbocycles. The van der Waals surface area contributed by atoms with E-state index in [1.807, 2.05) is 32.0 Å². The quantitative estimate of drug-likeness (QED) is 0.793. The van der Waals surface area contributed by atoms with Gasteiger partial charge in [-0.2, -0.15) is 0 Å². The Morgan fingerprint density at radius 2 is 2.06 bits per heavy atom. The van der Waals surface area contributed by atoms with Gasteiger partial charge in [-0.25, -0.2) is 4.39 Å². The molecule has 3 heteroatoms. The van der Waals surface area contributed by atoms with E-state index in [4.69, 9.17) is 0 Å². The summed E-state index contributed by atoms with van der Waals surface area (Å²) in [5, 5.41) is 9.72. The number of aliphatic hydroxyl groups excluding tert-OH is 1. The molecule has 0 heterocycles. The predicted molar refractivity (Wildman–Crippen MR) is 66.4 cm³/mol. The second-order valence-electron chi connectivity index (χ2n) is 4.01. The number of anilines is 1. The summed E-state index contributed by atoms with van der Waals surface area (Å²) in [5.74, 6) is -0.367. The Morgan fingerprint density at radius 3 is 2.50 bits per heavy atom. The number of aryl methyl sites for hydroxylation is 1. The number of aliphatic hydroxyl groups is 1. The maximum atomic E-state index is 13.8. The smallest absolute Gasteiger partial charge is 0.136 e. The van der Waals surface area contributed by atoms with Gasteiger partial charge in [-0.15, -0.1) is 0 Å². The van der Waals surface area contributed by atoms with E-state index < -0.39 is 0 Å². The van der Waals surface area contributed by atoms with Crippen molar-refractivity contribution in [1.82, 2.24) is 0 Å². The lowest BCUT2D eigenvalue weighted by Gasteiger charge is -2.15. The minimum Gasteiger partial charge on any atom is -0.508 e.